The second kappa shape index (κ2) is 11.7. The lowest BCUT2D eigenvalue weighted by Gasteiger charge is -2.38. The number of carbonyl (C=O) groups is 3. The molecule has 1 aromatic rings. The lowest BCUT2D eigenvalue weighted by Crippen LogP contribution is -2.58. The summed E-state index contributed by atoms with van der Waals surface area (Å²) >= 11 is 3.74. The normalized spacial score (nSPS) is 29.4. The van der Waals surface area contributed by atoms with Gasteiger partial charge in [-0.2, -0.15) is 0 Å². The van der Waals surface area contributed by atoms with Gasteiger partial charge in [0.25, 0.3) is 0 Å². The SMILES string of the molecule is C=CCN(C(=O)[C@H]1[C@H]2C(=O)N(CCCCO)C(C(=O)N(CC=C)C(C)C)C23CC(Br)[C@@H]1O3)c1ccccc1. The van der Waals surface area contributed by atoms with Crippen molar-refractivity contribution in [1.82, 2.24) is 9.80 Å². The second-order valence-electron chi connectivity index (χ2n) is 10.6. The molecular formula is C29H38BrN3O5. The molecule has 2 bridgehead atoms. The Morgan fingerprint density at radius 2 is 1.87 bits per heavy atom. The van der Waals surface area contributed by atoms with E-state index >= 15 is 0 Å². The summed E-state index contributed by atoms with van der Waals surface area (Å²) in [6.07, 6.45) is 4.33. The van der Waals surface area contributed by atoms with E-state index in [0.717, 1.165) is 5.69 Å². The van der Waals surface area contributed by atoms with Gasteiger partial charge in [0.1, 0.15) is 11.6 Å². The number of anilines is 1. The van der Waals surface area contributed by atoms with Gasteiger partial charge in [0.2, 0.25) is 17.7 Å². The standard InChI is InChI=1S/C29H38BrN3O5/c1-5-14-31(19(3)4)28(37)25-29-18-21(30)24(38-29)22(23(29)27(36)33(25)16-10-11-17-34)26(35)32(15-6-2)20-12-8-7-9-13-20/h5-9,12-13,19,21-25,34H,1-2,10-11,14-18H2,3-4H3/t21?,22-,23-,24-,25?,29?/m0/s1. The van der Waals surface area contributed by atoms with Crippen molar-refractivity contribution in [2.75, 3.05) is 31.1 Å². The number of likely N-dealkylation sites (tertiary alicyclic amines) is 1. The molecule has 3 fully saturated rings. The Balaban J connectivity index is 1.77. The molecule has 1 aromatic carbocycles. The van der Waals surface area contributed by atoms with Crippen LogP contribution in [0.5, 0.6) is 0 Å². The van der Waals surface area contributed by atoms with E-state index in [1.54, 1.807) is 26.9 Å². The molecule has 3 unspecified atom stereocenters. The minimum absolute atomic E-state index is 0.000542. The molecule has 1 spiro atoms. The second-order valence-corrected chi connectivity index (χ2v) is 11.7. The minimum Gasteiger partial charge on any atom is -0.396 e. The Morgan fingerprint density at radius 3 is 2.47 bits per heavy atom. The van der Waals surface area contributed by atoms with Gasteiger partial charge in [-0.05, 0) is 45.2 Å². The summed E-state index contributed by atoms with van der Waals surface area (Å²) in [6, 6.07) is 8.37. The predicted octanol–water partition coefficient (Wildman–Crippen LogP) is 3.15. The predicted molar refractivity (Wildman–Crippen MR) is 150 cm³/mol. The fraction of sp³-hybridized carbons (Fsp3) is 0.552. The molecule has 3 aliphatic heterocycles. The molecule has 1 N–H and O–H groups in total. The van der Waals surface area contributed by atoms with Crippen LogP contribution in [0, 0.1) is 11.8 Å². The number of fused-ring (bicyclic) bond motifs is 1. The van der Waals surface area contributed by atoms with Crippen LogP contribution in [0.15, 0.2) is 55.6 Å². The molecule has 0 saturated carbocycles. The summed E-state index contributed by atoms with van der Waals surface area (Å²) in [4.78, 5) is 47.3. The number of aliphatic hydroxyl groups excluding tert-OH is 1. The molecule has 8 nitrogen and oxygen atoms in total. The third-order valence-corrected chi connectivity index (χ3v) is 8.84. The van der Waals surface area contributed by atoms with Crippen LogP contribution in [0.1, 0.15) is 33.1 Å². The summed E-state index contributed by atoms with van der Waals surface area (Å²) in [5, 5.41) is 9.37. The number of nitrogens with zero attached hydrogens (tertiary/aromatic N) is 3. The first kappa shape index (κ1) is 28.5. The molecule has 38 heavy (non-hydrogen) atoms. The van der Waals surface area contributed by atoms with Crippen LogP contribution in [0.25, 0.3) is 0 Å². The van der Waals surface area contributed by atoms with Crippen molar-refractivity contribution in [3.8, 4) is 0 Å². The molecule has 0 radical (unpaired) electrons. The lowest BCUT2D eigenvalue weighted by atomic mass is 9.70. The van der Waals surface area contributed by atoms with Crippen molar-refractivity contribution in [1.29, 1.82) is 0 Å². The maximum absolute atomic E-state index is 14.2. The van der Waals surface area contributed by atoms with E-state index in [1.807, 2.05) is 44.2 Å². The number of alkyl halides is 1. The highest BCUT2D eigenvalue weighted by Gasteiger charge is 2.76. The van der Waals surface area contributed by atoms with Crippen LogP contribution in [-0.4, -0.2) is 87.5 Å². The van der Waals surface area contributed by atoms with Crippen molar-refractivity contribution in [2.45, 2.75) is 61.7 Å². The van der Waals surface area contributed by atoms with Gasteiger partial charge in [-0.3, -0.25) is 14.4 Å². The van der Waals surface area contributed by atoms with Crippen LogP contribution < -0.4 is 4.90 Å². The van der Waals surface area contributed by atoms with Crippen LogP contribution in [0.4, 0.5) is 5.69 Å². The number of hydrogen-bond donors (Lipinski definition) is 1. The maximum atomic E-state index is 14.2. The number of carbonyl (C=O) groups excluding carboxylic acids is 3. The van der Waals surface area contributed by atoms with E-state index in [0.29, 0.717) is 32.4 Å². The zero-order valence-electron chi connectivity index (χ0n) is 22.2. The number of benzene rings is 1. The average molecular weight is 589 g/mol. The summed E-state index contributed by atoms with van der Waals surface area (Å²) in [6.45, 7) is 12.5. The summed E-state index contributed by atoms with van der Waals surface area (Å²) in [7, 11) is 0. The lowest BCUT2D eigenvalue weighted by molar-refractivity contribution is -0.149. The van der Waals surface area contributed by atoms with Gasteiger partial charge in [-0.1, -0.05) is 46.3 Å². The van der Waals surface area contributed by atoms with Gasteiger partial charge in [0.05, 0.1) is 17.9 Å². The number of para-hydroxylation sites is 1. The highest BCUT2D eigenvalue weighted by atomic mass is 79.9. The first-order valence-corrected chi connectivity index (χ1v) is 14.3. The number of unbranched alkanes of at least 4 members (excludes halogenated alkanes) is 1. The molecule has 0 aliphatic carbocycles. The van der Waals surface area contributed by atoms with Gasteiger partial charge >= 0.3 is 0 Å². The van der Waals surface area contributed by atoms with Gasteiger partial charge in [-0.15, -0.1) is 13.2 Å². The van der Waals surface area contributed by atoms with Crippen LogP contribution in [-0.2, 0) is 19.1 Å². The number of amides is 3. The van der Waals surface area contributed by atoms with Crippen molar-refractivity contribution >= 4 is 39.3 Å². The number of aliphatic hydroxyl groups is 1. The van der Waals surface area contributed by atoms with Crippen molar-refractivity contribution in [3.05, 3.63) is 55.6 Å². The summed E-state index contributed by atoms with van der Waals surface area (Å²) < 4.78 is 6.64. The van der Waals surface area contributed by atoms with Crippen LogP contribution in [0.2, 0.25) is 0 Å². The Morgan fingerprint density at radius 1 is 1.18 bits per heavy atom. The van der Waals surface area contributed by atoms with Crippen molar-refractivity contribution in [3.63, 3.8) is 0 Å². The van der Waals surface area contributed by atoms with Gasteiger partial charge in [-0.25, -0.2) is 0 Å². The largest absolute Gasteiger partial charge is 0.396 e. The van der Waals surface area contributed by atoms with Crippen molar-refractivity contribution in [2.24, 2.45) is 11.8 Å². The molecule has 3 amide bonds. The maximum Gasteiger partial charge on any atom is 0.248 e. The van der Waals surface area contributed by atoms with Crippen LogP contribution >= 0.6 is 15.9 Å². The Labute approximate surface area is 233 Å². The highest BCUT2D eigenvalue weighted by molar-refractivity contribution is 9.09. The molecular weight excluding hydrogens is 550 g/mol. The number of hydrogen-bond acceptors (Lipinski definition) is 5. The topological polar surface area (TPSA) is 90.4 Å². The quantitative estimate of drug-likeness (QED) is 0.230. The molecule has 0 aromatic heterocycles. The molecule has 3 aliphatic rings. The molecule has 9 heteroatoms. The van der Waals surface area contributed by atoms with E-state index < -0.39 is 29.6 Å². The fourth-order valence-electron chi connectivity index (χ4n) is 6.42. The smallest absolute Gasteiger partial charge is 0.248 e. The molecule has 206 valence electrons. The monoisotopic (exact) mass is 587 g/mol. The molecule has 3 heterocycles. The first-order valence-electron chi connectivity index (χ1n) is 13.3. The Bertz CT molecular complexity index is 1070. The summed E-state index contributed by atoms with van der Waals surface area (Å²) in [5.41, 5.74) is -0.396. The molecule has 6 atom stereocenters. The number of halogens is 1. The molecule has 4 rings (SSSR count). The molecule has 3 saturated heterocycles. The Kier molecular flexibility index (Phi) is 8.79. The Hall–Kier alpha value is -2.49. The van der Waals surface area contributed by atoms with E-state index in [-0.39, 0.29) is 41.7 Å². The third kappa shape index (κ3) is 4.73. The zero-order valence-corrected chi connectivity index (χ0v) is 23.8. The van der Waals surface area contributed by atoms with E-state index in [1.165, 1.54) is 0 Å². The first-order chi connectivity index (χ1) is 18.2. The van der Waals surface area contributed by atoms with Crippen LogP contribution in [0.3, 0.4) is 0 Å². The van der Waals surface area contributed by atoms with E-state index in [4.69, 9.17) is 4.74 Å². The number of rotatable bonds is 12. The highest BCUT2D eigenvalue weighted by Crippen LogP contribution is 2.60. The minimum atomic E-state index is -1.11. The fourth-order valence-corrected chi connectivity index (χ4v) is 7.36. The van der Waals surface area contributed by atoms with E-state index in [9.17, 15) is 19.5 Å². The average Bonchev–Trinajstić information content (AvgIpc) is 3.49. The third-order valence-electron chi connectivity index (χ3n) is 7.99. The zero-order chi connectivity index (χ0) is 27.6. The van der Waals surface area contributed by atoms with Gasteiger partial charge in [0.15, 0.2) is 0 Å². The summed E-state index contributed by atoms with van der Waals surface area (Å²) in [5.74, 6) is -2.15. The number of ether oxygens (including phenoxy) is 1. The van der Waals surface area contributed by atoms with Crippen molar-refractivity contribution < 1.29 is 24.2 Å². The van der Waals surface area contributed by atoms with Gasteiger partial charge < -0.3 is 24.5 Å². The van der Waals surface area contributed by atoms with Gasteiger partial charge in [0, 0.05) is 42.8 Å². The van der Waals surface area contributed by atoms with E-state index in [2.05, 4.69) is 29.1 Å².